The van der Waals surface area contributed by atoms with Crippen LogP contribution in [0.15, 0.2) is 24.3 Å². The first kappa shape index (κ1) is 17.0. The molecule has 0 bridgehead atoms. The topological polar surface area (TPSA) is 20.3 Å². The summed E-state index contributed by atoms with van der Waals surface area (Å²) in [6, 6.07) is 6.69. The molecule has 0 aromatic heterocycles. The van der Waals surface area contributed by atoms with Crippen LogP contribution in [0, 0.1) is 11.7 Å². The summed E-state index contributed by atoms with van der Waals surface area (Å²) in [4.78, 5) is 14.8. The van der Waals surface area contributed by atoms with Gasteiger partial charge in [0.25, 0.3) is 0 Å². The predicted molar refractivity (Wildman–Crippen MR) is 94.6 cm³/mol. The van der Waals surface area contributed by atoms with E-state index in [4.69, 9.17) is 0 Å². The van der Waals surface area contributed by atoms with Crippen LogP contribution in [0.2, 0.25) is 0 Å². The highest BCUT2D eigenvalue weighted by Crippen LogP contribution is 2.32. The van der Waals surface area contributed by atoms with Crippen molar-refractivity contribution in [3.63, 3.8) is 0 Å². The van der Waals surface area contributed by atoms with Gasteiger partial charge >= 0.3 is 0 Å². The fraction of sp³-hybridized carbons (Fsp3) is 0.632. The van der Waals surface area contributed by atoms with Gasteiger partial charge in [-0.2, -0.15) is 11.8 Å². The zero-order chi connectivity index (χ0) is 16.1. The molecule has 0 saturated carbocycles. The van der Waals surface area contributed by atoms with Gasteiger partial charge in [0.15, 0.2) is 5.78 Å². The lowest BCUT2D eigenvalue weighted by Gasteiger charge is -2.44. The van der Waals surface area contributed by atoms with Crippen LogP contribution in [-0.2, 0) is 0 Å². The number of benzene rings is 1. The summed E-state index contributed by atoms with van der Waals surface area (Å²) >= 11 is 1.92. The highest BCUT2D eigenvalue weighted by atomic mass is 32.2. The van der Waals surface area contributed by atoms with Crippen LogP contribution in [0.1, 0.15) is 48.9 Å². The van der Waals surface area contributed by atoms with E-state index in [-0.39, 0.29) is 11.6 Å². The number of carbonyl (C=O) groups excluding carboxylic acids is 1. The first-order valence-corrected chi connectivity index (χ1v) is 10.00. The largest absolute Gasteiger partial charge is 0.300 e. The summed E-state index contributed by atoms with van der Waals surface area (Å²) in [5.41, 5.74) is 0.628. The van der Waals surface area contributed by atoms with Crippen molar-refractivity contribution >= 4 is 17.5 Å². The molecule has 0 amide bonds. The van der Waals surface area contributed by atoms with Crippen molar-refractivity contribution in [3.05, 3.63) is 35.6 Å². The van der Waals surface area contributed by atoms with Gasteiger partial charge in [0, 0.05) is 23.8 Å². The Morgan fingerprint density at radius 2 is 1.91 bits per heavy atom. The van der Waals surface area contributed by atoms with Crippen LogP contribution in [0.4, 0.5) is 4.39 Å². The average Bonchev–Trinajstić information content (AvgIpc) is 2.59. The van der Waals surface area contributed by atoms with Gasteiger partial charge in [-0.25, -0.2) is 4.39 Å². The molecule has 23 heavy (non-hydrogen) atoms. The third-order valence-corrected chi connectivity index (χ3v) is 6.36. The minimum Gasteiger partial charge on any atom is -0.300 e. The quantitative estimate of drug-likeness (QED) is 0.568. The van der Waals surface area contributed by atoms with Gasteiger partial charge in [-0.1, -0.05) is 6.42 Å². The summed E-state index contributed by atoms with van der Waals surface area (Å²) < 4.78 is 12.9. The number of hydrogen-bond donors (Lipinski definition) is 0. The van der Waals surface area contributed by atoms with E-state index < -0.39 is 0 Å². The molecule has 2 aliphatic heterocycles. The van der Waals surface area contributed by atoms with Gasteiger partial charge in [0.1, 0.15) is 5.82 Å². The monoisotopic (exact) mass is 335 g/mol. The Morgan fingerprint density at radius 3 is 2.74 bits per heavy atom. The van der Waals surface area contributed by atoms with Gasteiger partial charge < -0.3 is 4.90 Å². The van der Waals surface area contributed by atoms with Crippen molar-refractivity contribution in [2.45, 2.75) is 44.6 Å². The Balaban J connectivity index is 1.40. The zero-order valence-corrected chi connectivity index (χ0v) is 14.5. The van der Waals surface area contributed by atoms with Crippen molar-refractivity contribution < 1.29 is 9.18 Å². The van der Waals surface area contributed by atoms with Crippen LogP contribution in [-0.4, -0.2) is 41.3 Å². The minimum absolute atomic E-state index is 0.125. The molecule has 3 rings (SSSR count). The molecule has 126 valence electrons. The Bertz CT molecular complexity index is 517. The summed E-state index contributed by atoms with van der Waals surface area (Å²) in [6.07, 6.45) is 7.33. The molecule has 1 aromatic rings. The maximum atomic E-state index is 12.9. The normalized spacial score (nSPS) is 25.1. The fourth-order valence-electron chi connectivity index (χ4n) is 3.95. The van der Waals surface area contributed by atoms with E-state index in [9.17, 15) is 9.18 Å². The lowest BCUT2D eigenvalue weighted by molar-refractivity contribution is 0.0693. The van der Waals surface area contributed by atoms with E-state index in [2.05, 4.69) is 4.90 Å². The fourth-order valence-corrected chi connectivity index (χ4v) is 5.14. The molecule has 0 N–H and O–H groups in total. The third kappa shape index (κ3) is 4.57. The molecular formula is C19H26FNOS. The van der Waals surface area contributed by atoms with Crippen molar-refractivity contribution in [2.24, 2.45) is 5.92 Å². The molecule has 0 unspecified atom stereocenters. The third-order valence-electron chi connectivity index (χ3n) is 5.20. The number of piperidine rings is 2. The van der Waals surface area contributed by atoms with E-state index in [0.29, 0.717) is 12.0 Å². The van der Waals surface area contributed by atoms with Gasteiger partial charge in [-0.3, -0.25) is 4.79 Å². The number of nitrogens with zero attached hydrogens (tertiary/aromatic N) is 1. The van der Waals surface area contributed by atoms with Gasteiger partial charge in [0.05, 0.1) is 0 Å². The molecule has 2 heterocycles. The summed E-state index contributed by atoms with van der Waals surface area (Å²) in [5.74, 6) is 2.69. The smallest absolute Gasteiger partial charge is 0.163 e. The van der Waals surface area contributed by atoms with Gasteiger partial charge in [0.2, 0.25) is 0 Å². The van der Waals surface area contributed by atoms with Crippen molar-refractivity contribution in [3.8, 4) is 0 Å². The van der Waals surface area contributed by atoms with Crippen molar-refractivity contribution in [1.29, 1.82) is 0 Å². The predicted octanol–water partition coefficient (Wildman–Crippen LogP) is 4.40. The maximum absolute atomic E-state index is 12.9. The molecule has 0 radical (unpaired) electrons. The summed E-state index contributed by atoms with van der Waals surface area (Å²) in [5, 5.41) is 0. The van der Waals surface area contributed by atoms with Gasteiger partial charge in [-0.05, 0) is 74.7 Å². The highest BCUT2D eigenvalue weighted by Gasteiger charge is 2.32. The van der Waals surface area contributed by atoms with E-state index in [1.54, 1.807) is 12.1 Å². The Morgan fingerprint density at radius 1 is 1.13 bits per heavy atom. The lowest BCUT2D eigenvalue weighted by atomic mass is 9.85. The van der Waals surface area contributed by atoms with E-state index >= 15 is 0 Å². The molecule has 2 aliphatic rings. The zero-order valence-electron chi connectivity index (χ0n) is 13.7. The second kappa shape index (κ2) is 8.29. The van der Waals surface area contributed by atoms with E-state index in [1.165, 1.54) is 63.1 Å². The van der Waals surface area contributed by atoms with Crippen LogP contribution >= 0.6 is 11.8 Å². The lowest BCUT2D eigenvalue weighted by Crippen LogP contribution is -2.48. The number of rotatable bonds is 6. The van der Waals surface area contributed by atoms with Gasteiger partial charge in [-0.15, -0.1) is 0 Å². The summed E-state index contributed by atoms with van der Waals surface area (Å²) in [6.45, 7) is 2.57. The molecule has 2 saturated heterocycles. The van der Waals surface area contributed by atoms with E-state index in [1.807, 2.05) is 11.8 Å². The van der Waals surface area contributed by atoms with Crippen LogP contribution < -0.4 is 0 Å². The number of ketones is 1. The second-order valence-electron chi connectivity index (χ2n) is 6.76. The highest BCUT2D eigenvalue weighted by molar-refractivity contribution is 7.99. The van der Waals surface area contributed by atoms with Crippen LogP contribution in [0.3, 0.4) is 0 Å². The van der Waals surface area contributed by atoms with Crippen LogP contribution in [0.25, 0.3) is 0 Å². The number of fused-ring (bicyclic) bond motifs is 1. The molecule has 0 aliphatic carbocycles. The summed E-state index contributed by atoms with van der Waals surface area (Å²) in [7, 11) is 0. The molecule has 0 spiro atoms. The molecular weight excluding hydrogens is 309 g/mol. The number of Topliss-reactive ketones (excluding diaryl/α,β-unsaturated/α-hetero) is 1. The first-order chi connectivity index (χ1) is 11.2. The molecule has 2 atom stereocenters. The van der Waals surface area contributed by atoms with Crippen molar-refractivity contribution in [1.82, 2.24) is 4.90 Å². The number of halogens is 1. The average molecular weight is 335 g/mol. The van der Waals surface area contributed by atoms with Crippen molar-refractivity contribution in [2.75, 3.05) is 24.6 Å². The maximum Gasteiger partial charge on any atom is 0.163 e. The minimum atomic E-state index is -0.287. The van der Waals surface area contributed by atoms with E-state index in [0.717, 1.165) is 17.7 Å². The Hall–Kier alpha value is -0.870. The second-order valence-corrected chi connectivity index (χ2v) is 7.91. The Kier molecular flexibility index (Phi) is 6.12. The number of carbonyl (C=O) groups is 1. The standard InChI is InChI=1S/C19H26FNOS/c20-17-8-6-15(7-9-17)19(22)10-13-23-14-16-4-3-12-21-11-2-1-5-18(16)21/h6-9,16,18H,1-5,10-14H2/t16-,18+/m0/s1. The molecule has 1 aromatic carbocycles. The SMILES string of the molecule is O=C(CCSC[C@@H]1CCCN2CCCC[C@H]12)c1ccc(F)cc1. The van der Waals surface area contributed by atoms with Crippen LogP contribution in [0.5, 0.6) is 0 Å². The Labute approximate surface area is 142 Å². The molecule has 2 nitrogen and oxygen atoms in total. The number of hydrogen-bond acceptors (Lipinski definition) is 3. The first-order valence-electron chi connectivity index (χ1n) is 8.84. The molecule has 2 fully saturated rings. The molecule has 4 heteroatoms. The number of thioether (sulfide) groups is 1.